The minimum Gasteiger partial charge on any atom is -0.381 e. The molecule has 0 saturated carbocycles. The summed E-state index contributed by atoms with van der Waals surface area (Å²) < 4.78 is 11.5. The Bertz CT molecular complexity index is 652. The van der Waals surface area contributed by atoms with Gasteiger partial charge in [0.2, 0.25) is 0 Å². The van der Waals surface area contributed by atoms with Gasteiger partial charge < -0.3 is 19.7 Å². The molecule has 1 unspecified atom stereocenters. The summed E-state index contributed by atoms with van der Waals surface area (Å²) in [5.74, 6) is 0.955. The molecule has 170 valence electrons. The molecule has 30 heavy (non-hydrogen) atoms. The number of guanidine groups is 1. The molecule has 2 saturated heterocycles. The van der Waals surface area contributed by atoms with Crippen LogP contribution < -0.4 is 5.32 Å². The summed E-state index contributed by atoms with van der Waals surface area (Å²) in [5, 5.41) is 3.53. The normalized spacial score (nSPS) is 20.8. The number of aliphatic imine (C=N–C) groups is 1. The number of benzene rings is 1. The Hall–Kier alpha value is -0.900. The van der Waals surface area contributed by atoms with Crippen molar-refractivity contribution in [3.05, 3.63) is 35.4 Å². The third-order valence-electron chi connectivity index (χ3n) is 6.06. The molecule has 1 N–H and O–H groups in total. The van der Waals surface area contributed by atoms with Crippen molar-refractivity contribution in [2.24, 2.45) is 4.99 Å². The van der Waals surface area contributed by atoms with Crippen molar-refractivity contribution in [2.75, 3.05) is 46.9 Å². The molecule has 0 bridgehead atoms. The Kier molecular flexibility index (Phi) is 11.4. The summed E-state index contributed by atoms with van der Waals surface area (Å²) in [7, 11) is 4.00. The van der Waals surface area contributed by atoms with Gasteiger partial charge >= 0.3 is 0 Å². The SMILES string of the molecule is CCN1CCCC1CN(C)C(=NC)NCc1cccc(COC2CCOCC2)c1.I. The van der Waals surface area contributed by atoms with Crippen molar-refractivity contribution >= 4 is 29.9 Å². The largest absolute Gasteiger partial charge is 0.381 e. The molecule has 0 amide bonds. The van der Waals surface area contributed by atoms with E-state index in [0.29, 0.717) is 18.8 Å². The van der Waals surface area contributed by atoms with Crippen molar-refractivity contribution in [2.45, 2.75) is 57.9 Å². The van der Waals surface area contributed by atoms with Gasteiger partial charge in [0.05, 0.1) is 12.7 Å². The van der Waals surface area contributed by atoms with E-state index < -0.39 is 0 Å². The van der Waals surface area contributed by atoms with Gasteiger partial charge in [-0.1, -0.05) is 31.2 Å². The van der Waals surface area contributed by atoms with Crippen LogP contribution in [0.25, 0.3) is 0 Å². The smallest absolute Gasteiger partial charge is 0.193 e. The van der Waals surface area contributed by atoms with Crippen molar-refractivity contribution in [1.29, 1.82) is 0 Å². The second kappa shape index (κ2) is 13.5. The van der Waals surface area contributed by atoms with Crippen molar-refractivity contribution in [1.82, 2.24) is 15.1 Å². The van der Waals surface area contributed by atoms with E-state index in [1.807, 2.05) is 7.05 Å². The lowest BCUT2D eigenvalue weighted by Crippen LogP contribution is -2.45. The van der Waals surface area contributed by atoms with E-state index in [2.05, 4.69) is 58.3 Å². The molecular formula is C23H39IN4O2. The summed E-state index contributed by atoms with van der Waals surface area (Å²) in [5.41, 5.74) is 2.48. The van der Waals surface area contributed by atoms with Crippen LogP contribution in [0.15, 0.2) is 29.3 Å². The molecule has 1 aromatic rings. The Morgan fingerprint density at radius 3 is 2.77 bits per heavy atom. The lowest BCUT2D eigenvalue weighted by molar-refractivity contribution is -0.0390. The van der Waals surface area contributed by atoms with Crippen LogP contribution in [0.2, 0.25) is 0 Å². The van der Waals surface area contributed by atoms with E-state index >= 15 is 0 Å². The highest BCUT2D eigenvalue weighted by Gasteiger charge is 2.24. The first-order valence-electron chi connectivity index (χ1n) is 11.1. The number of nitrogens with zero attached hydrogens (tertiary/aromatic N) is 3. The summed E-state index contributed by atoms with van der Waals surface area (Å²) in [6.07, 6.45) is 4.92. The molecule has 3 rings (SSSR count). The molecule has 2 heterocycles. The van der Waals surface area contributed by atoms with Crippen LogP contribution in [-0.2, 0) is 22.6 Å². The fourth-order valence-electron chi connectivity index (χ4n) is 4.37. The van der Waals surface area contributed by atoms with Crippen LogP contribution in [-0.4, -0.2) is 74.8 Å². The van der Waals surface area contributed by atoms with Gasteiger partial charge in [0.1, 0.15) is 0 Å². The molecular weight excluding hydrogens is 491 g/mol. The summed E-state index contributed by atoms with van der Waals surface area (Å²) in [6, 6.07) is 9.28. The number of halogens is 1. The third-order valence-corrected chi connectivity index (χ3v) is 6.06. The maximum absolute atomic E-state index is 6.07. The van der Waals surface area contributed by atoms with Crippen LogP contribution in [0.1, 0.15) is 43.7 Å². The highest BCUT2D eigenvalue weighted by molar-refractivity contribution is 14.0. The average Bonchev–Trinajstić information content (AvgIpc) is 3.21. The minimum atomic E-state index is 0. The quantitative estimate of drug-likeness (QED) is 0.317. The number of hydrogen-bond acceptors (Lipinski definition) is 4. The first kappa shape index (κ1) is 25.4. The number of likely N-dealkylation sites (N-methyl/N-ethyl adjacent to an activating group) is 2. The van der Waals surface area contributed by atoms with Gasteiger partial charge in [-0.2, -0.15) is 0 Å². The molecule has 0 radical (unpaired) electrons. The fourth-order valence-corrected chi connectivity index (χ4v) is 4.37. The molecule has 0 aromatic heterocycles. The third kappa shape index (κ3) is 7.66. The van der Waals surface area contributed by atoms with Crippen molar-refractivity contribution < 1.29 is 9.47 Å². The van der Waals surface area contributed by atoms with Crippen LogP contribution in [0.5, 0.6) is 0 Å². The maximum Gasteiger partial charge on any atom is 0.193 e. The standard InChI is InChI=1S/C23H38N4O2.HI/c1-4-27-12-6-9-21(27)17-26(3)23(24-2)25-16-19-7-5-8-20(15-19)18-29-22-10-13-28-14-11-22;/h5,7-8,15,21-22H,4,6,9-14,16-18H2,1-3H3,(H,24,25);1H. The van der Waals surface area contributed by atoms with E-state index in [0.717, 1.165) is 51.6 Å². The van der Waals surface area contributed by atoms with Gasteiger partial charge in [-0.05, 0) is 49.9 Å². The first-order valence-corrected chi connectivity index (χ1v) is 11.1. The first-order chi connectivity index (χ1) is 14.2. The fraction of sp³-hybridized carbons (Fsp3) is 0.696. The summed E-state index contributed by atoms with van der Waals surface area (Å²) >= 11 is 0. The van der Waals surface area contributed by atoms with Crippen LogP contribution in [0.3, 0.4) is 0 Å². The zero-order chi connectivity index (χ0) is 20.5. The summed E-state index contributed by atoms with van der Waals surface area (Å²) in [4.78, 5) is 9.33. The van der Waals surface area contributed by atoms with Crippen LogP contribution >= 0.6 is 24.0 Å². The minimum absolute atomic E-state index is 0. The van der Waals surface area contributed by atoms with Crippen LogP contribution in [0, 0.1) is 0 Å². The number of hydrogen-bond donors (Lipinski definition) is 1. The second-order valence-electron chi connectivity index (χ2n) is 8.15. The number of nitrogens with one attached hydrogen (secondary N) is 1. The van der Waals surface area contributed by atoms with Crippen molar-refractivity contribution in [3.63, 3.8) is 0 Å². The average molecular weight is 530 g/mol. The highest BCUT2D eigenvalue weighted by Crippen LogP contribution is 2.17. The monoisotopic (exact) mass is 530 g/mol. The Morgan fingerprint density at radius 1 is 1.27 bits per heavy atom. The van der Waals surface area contributed by atoms with E-state index in [1.54, 1.807) is 0 Å². The lowest BCUT2D eigenvalue weighted by atomic mass is 10.1. The van der Waals surface area contributed by atoms with Crippen LogP contribution in [0.4, 0.5) is 0 Å². The lowest BCUT2D eigenvalue weighted by Gasteiger charge is -2.29. The maximum atomic E-state index is 6.07. The van der Waals surface area contributed by atoms with Gasteiger partial charge in [-0.3, -0.25) is 9.89 Å². The van der Waals surface area contributed by atoms with Gasteiger partial charge in [-0.15, -0.1) is 24.0 Å². The Labute approximate surface area is 199 Å². The summed E-state index contributed by atoms with van der Waals surface area (Å²) in [6.45, 7) is 8.70. The van der Waals surface area contributed by atoms with Gasteiger partial charge in [0.15, 0.2) is 5.96 Å². The second-order valence-corrected chi connectivity index (χ2v) is 8.15. The molecule has 1 atom stereocenters. The predicted octanol–water partition coefficient (Wildman–Crippen LogP) is 3.49. The van der Waals surface area contributed by atoms with Gasteiger partial charge in [-0.25, -0.2) is 0 Å². The van der Waals surface area contributed by atoms with E-state index in [1.165, 1.54) is 30.5 Å². The van der Waals surface area contributed by atoms with Gasteiger partial charge in [0, 0.05) is 46.4 Å². The molecule has 0 spiro atoms. The Morgan fingerprint density at radius 2 is 2.03 bits per heavy atom. The molecule has 7 heteroatoms. The van der Waals surface area contributed by atoms with E-state index in [4.69, 9.17) is 9.47 Å². The molecule has 6 nitrogen and oxygen atoms in total. The predicted molar refractivity (Wildman–Crippen MR) is 134 cm³/mol. The molecule has 2 aliphatic rings. The van der Waals surface area contributed by atoms with E-state index in [9.17, 15) is 0 Å². The zero-order valence-electron chi connectivity index (χ0n) is 18.8. The topological polar surface area (TPSA) is 49.3 Å². The molecule has 2 fully saturated rings. The van der Waals surface area contributed by atoms with Crippen molar-refractivity contribution in [3.8, 4) is 0 Å². The number of rotatable bonds is 8. The number of likely N-dealkylation sites (tertiary alicyclic amines) is 1. The van der Waals surface area contributed by atoms with Gasteiger partial charge in [0.25, 0.3) is 0 Å². The van der Waals surface area contributed by atoms with E-state index in [-0.39, 0.29) is 24.0 Å². The molecule has 1 aromatic carbocycles. The zero-order valence-corrected chi connectivity index (χ0v) is 21.1. The molecule has 2 aliphatic heterocycles. The highest BCUT2D eigenvalue weighted by atomic mass is 127. The Balaban J connectivity index is 0.00000320. The number of ether oxygens (including phenoxy) is 2. The molecule has 0 aliphatic carbocycles.